The SMILES string of the molecule is CSc1sc(C(=N)N)cc1S(=O)(=O)c1cccc(-c2c(C)cccc2/C=C\P(=O)(O)O)c1. The van der Waals surface area contributed by atoms with Crippen molar-refractivity contribution in [3.63, 3.8) is 0 Å². The summed E-state index contributed by atoms with van der Waals surface area (Å²) in [5, 5.41) is 7.63. The van der Waals surface area contributed by atoms with Crippen LogP contribution in [0.5, 0.6) is 0 Å². The molecule has 3 aromatic rings. The average Bonchev–Trinajstić information content (AvgIpc) is 3.17. The molecule has 0 bridgehead atoms. The predicted molar refractivity (Wildman–Crippen MR) is 130 cm³/mol. The van der Waals surface area contributed by atoms with Gasteiger partial charge in [0, 0.05) is 5.82 Å². The molecule has 0 radical (unpaired) electrons. The van der Waals surface area contributed by atoms with E-state index in [9.17, 15) is 22.8 Å². The standard InChI is InChI=1S/C21H21N2O5PS3/c1-13-5-3-6-14(9-10-29(24,25)26)19(13)15-7-4-8-16(11-15)32(27,28)18-12-17(20(22)23)31-21(18)30-2/h3-12H,1-2H3,(H3,22,23)(H2,24,25,26)/b10-9-. The lowest BCUT2D eigenvalue weighted by Gasteiger charge is -2.12. The van der Waals surface area contributed by atoms with Crippen LogP contribution in [-0.4, -0.2) is 30.3 Å². The van der Waals surface area contributed by atoms with Crippen molar-refractivity contribution in [2.75, 3.05) is 6.26 Å². The van der Waals surface area contributed by atoms with Gasteiger partial charge in [-0.1, -0.05) is 30.3 Å². The molecule has 0 amide bonds. The fraction of sp³-hybridized carbons (Fsp3) is 0.0952. The van der Waals surface area contributed by atoms with Crippen molar-refractivity contribution >= 4 is 52.4 Å². The Morgan fingerprint density at radius 2 is 1.88 bits per heavy atom. The molecular formula is C21H21N2O5PS3. The van der Waals surface area contributed by atoms with E-state index in [4.69, 9.17) is 11.1 Å². The smallest absolute Gasteiger partial charge is 0.349 e. The van der Waals surface area contributed by atoms with Crippen molar-refractivity contribution in [3.8, 4) is 11.1 Å². The first-order chi connectivity index (χ1) is 14.9. The first-order valence-electron chi connectivity index (χ1n) is 9.16. The summed E-state index contributed by atoms with van der Waals surface area (Å²) in [6, 6.07) is 13.2. The van der Waals surface area contributed by atoms with Gasteiger partial charge in [0.05, 0.1) is 18.9 Å². The van der Waals surface area contributed by atoms with Gasteiger partial charge in [0.1, 0.15) is 5.84 Å². The number of nitrogens with two attached hydrogens (primary N) is 1. The molecular weight excluding hydrogens is 487 g/mol. The second-order valence-electron chi connectivity index (χ2n) is 6.86. The molecule has 0 saturated heterocycles. The van der Waals surface area contributed by atoms with Gasteiger partial charge in [0.25, 0.3) is 0 Å². The van der Waals surface area contributed by atoms with Crippen molar-refractivity contribution in [2.45, 2.75) is 20.9 Å². The predicted octanol–water partition coefficient (Wildman–Crippen LogP) is 4.71. The molecule has 0 aliphatic carbocycles. The van der Waals surface area contributed by atoms with E-state index in [-0.39, 0.29) is 15.6 Å². The lowest BCUT2D eigenvalue weighted by molar-refractivity contribution is 0.386. The van der Waals surface area contributed by atoms with Gasteiger partial charge in [-0.15, -0.1) is 23.1 Å². The molecule has 0 aliphatic rings. The van der Waals surface area contributed by atoms with Crippen LogP contribution in [0.2, 0.25) is 0 Å². The molecule has 0 spiro atoms. The third-order valence-electron chi connectivity index (χ3n) is 4.59. The first-order valence-corrected chi connectivity index (χ1v) is 14.4. The summed E-state index contributed by atoms with van der Waals surface area (Å²) in [5.41, 5.74) is 8.21. The molecule has 5 N–H and O–H groups in total. The van der Waals surface area contributed by atoms with Gasteiger partial charge in [-0.2, -0.15) is 0 Å². The molecule has 0 unspecified atom stereocenters. The van der Waals surface area contributed by atoms with E-state index >= 15 is 0 Å². The second kappa shape index (κ2) is 9.35. The van der Waals surface area contributed by atoms with E-state index in [0.717, 1.165) is 22.7 Å². The van der Waals surface area contributed by atoms with Gasteiger partial charge < -0.3 is 15.5 Å². The molecule has 3 rings (SSSR count). The summed E-state index contributed by atoms with van der Waals surface area (Å²) in [6.45, 7) is 1.84. The summed E-state index contributed by atoms with van der Waals surface area (Å²) in [5.74, 6) is 0.632. The highest BCUT2D eigenvalue weighted by atomic mass is 32.2. The number of amidine groups is 1. The molecule has 0 saturated carbocycles. The average molecular weight is 509 g/mol. The van der Waals surface area contributed by atoms with Gasteiger partial charge >= 0.3 is 7.60 Å². The van der Waals surface area contributed by atoms with Crippen molar-refractivity contribution < 1.29 is 22.8 Å². The van der Waals surface area contributed by atoms with Crippen molar-refractivity contribution in [3.05, 3.63) is 70.4 Å². The zero-order valence-corrected chi connectivity index (χ0v) is 20.5. The summed E-state index contributed by atoms with van der Waals surface area (Å²) in [6.07, 6.45) is 3.10. The van der Waals surface area contributed by atoms with E-state index in [2.05, 4.69) is 0 Å². The van der Waals surface area contributed by atoms with E-state index < -0.39 is 17.4 Å². The van der Waals surface area contributed by atoms with E-state index in [0.29, 0.717) is 25.8 Å². The Bertz CT molecular complexity index is 1370. The summed E-state index contributed by atoms with van der Waals surface area (Å²) in [4.78, 5) is 19.0. The molecule has 0 fully saturated rings. The highest BCUT2D eigenvalue weighted by Crippen LogP contribution is 2.40. The molecule has 2 aromatic carbocycles. The maximum Gasteiger partial charge on any atom is 0.349 e. The summed E-state index contributed by atoms with van der Waals surface area (Å²) in [7, 11) is -8.25. The zero-order chi connectivity index (χ0) is 23.7. The second-order valence-corrected chi connectivity index (χ2v) is 12.4. The van der Waals surface area contributed by atoms with Crippen LogP contribution in [0.15, 0.2) is 68.3 Å². The molecule has 0 aliphatic heterocycles. The van der Waals surface area contributed by atoms with Gasteiger partial charge in [-0.3, -0.25) is 9.97 Å². The maximum absolute atomic E-state index is 13.4. The monoisotopic (exact) mass is 508 g/mol. The first kappa shape index (κ1) is 24.4. The van der Waals surface area contributed by atoms with Crippen LogP contribution in [0.25, 0.3) is 17.2 Å². The molecule has 11 heteroatoms. The quantitative estimate of drug-likeness (QED) is 0.157. The normalized spacial score (nSPS) is 12.4. The van der Waals surface area contributed by atoms with Crippen LogP contribution in [0, 0.1) is 12.3 Å². The number of thiophene rings is 1. The zero-order valence-electron chi connectivity index (χ0n) is 17.1. The molecule has 168 valence electrons. The fourth-order valence-corrected chi connectivity index (χ4v) is 7.42. The highest BCUT2D eigenvalue weighted by Gasteiger charge is 2.25. The molecule has 32 heavy (non-hydrogen) atoms. The molecule has 1 aromatic heterocycles. The summed E-state index contributed by atoms with van der Waals surface area (Å²) >= 11 is 2.43. The Morgan fingerprint density at radius 1 is 1.19 bits per heavy atom. The van der Waals surface area contributed by atoms with Crippen LogP contribution in [0.3, 0.4) is 0 Å². The Labute approximate surface area is 194 Å². The molecule has 1 heterocycles. The van der Waals surface area contributed by atoms with E-state index in [1.165, 1.54) is 30.0 Å². The minimum absolute atomic E-state index is 0.0753. The van der Waals surface area contributed by atoms with Crippen LogP contribution in [0.1, 0.15) is 16.0 Å². The highest BCUT2D eigenvalue weighted by molar-refractivity contribution is 8.01. The summed E-state index contributed by atoms with van der Waals surface area (Å²) < 4.78 is 38.7. The van der Waals surface area contributed by atoms with E-state index in [1.54, 1.807) is 36.6 Å². The third-order valence-corrected chi connectivity index (χ3v) is 9.47. The number of hydrogen-bond acceptors (Lipinski definition) is 6. The fourth-order valence-electron chi connectivity index (χ4n) is 3.17. The third kappa shape index (κ3) is 5.23. The Morgan fingerprint density at radius 3 is 2.50 bits per heavy atom. The Kier molecular flexibility index (Phi) is 7.14. The number of thioether (sulfide) groups is 1. The number of rotatable bonds is 7. The number of hydrogen-bond donors (Lipinski definition) is 4. The number of nitrogen functional groups attached to an aromatic ring is 1. The van der Waals surface area contributed by atoms with Crippen molar-refractivity contribution in [1.29, 1.82) is 5.41 Å². The molecule has 0 atom stereocenters. The molecule has 7 nitrogen and oxygen atoms in total. The van der Waals surface area contributed by atoms with Crippen LogP contribution in [0.4, 0.5) is 0 Å². The topological polar surface area (TPSA) is 142 Å². The van der Waals surface area contributed by atoms with Crippen LogP contribution in [-0.2, 0) is 14.4 Å². The lowest BCUT2D eigenvalue weighted by atomic mass is 9.95. The number of aryl methyl sites for hydroxylation is 1. The van der Waals surface area contributed by atoms with Crippen LogP contribution < -0.4 is 5.73 Å². The largest absolute Gasteiger partial charge is 0.383 e. The lowest BCUT2D eigenvalue weighted by Crippen LogP contribution is -2.08. The van der Waals surface area contributed by atoms with Crippen molar-refractivity contribution in [1.82, 2.24) is 0 Å². The van der Waals surface area contributed by atoms with Crippen LogP contribution >= 0.6 is 30.7 Å². The van der Waals surface area contributed by atoms with E-state index in [1.807, 2.05) is 13.0 Å². The number of benzene rings is 2. The minimum atomic E-state index is -4.35. The number of sulfone groups is 1. The minimum Gasteiger partial charge on any atom is -0.383 e. The van der Waals surface area contributed by atoms with Gasteiger partial charge in [0.2, 0.25) is 9.84 Å². The Hall–Kier alpha value is -2.20. The maximum atomic E-state index is 13.4. The Balaban J connectivity index is 2.16. The van der Waals surface area contributed by atoms with Gasteiger partial charge in [0.15, 0.2) is 0 Å². The number of nitrogens with one attached hydrogen (secondary N) is 1. The van der Waals surface area contributed by atoms with Crippen molar-refractivity contribution in [2.24, 2.45) is 5.73 Å². The van der Waals surface area contributed by atoms with Gasteiger partial charge in [-0.05, 0) is 59.7 Å². The van der Waals surface area contributed by atoms with Gasteiger partial charge in [-0.25, -0.2) is 8.42 Å².